The first-order valence-electron chi connectivity index (χ1n) is 17.9. The molecule has 0 spiro atoms. The van der Waals surface area contributed by atoms with Crippen LogP contribution in [-0.2, 0) is 34.9 Å². The van der Waals surface area contributed by atoms with Crippen molar-refractivity contribution in [2.45, 2.75) is 59.4 Å². The highest BCUT2D eigenvalue weighted by Gasteiger charge is 2.27. The highest BCUT2D eigenvalue weighted by atomic mass is 16.7. The lowest BCUT2D eigenvalue weighted by Crippen LogP contribution is -2.36. The van der Waals surface area contributed by atoms with Gasteiger partial charge in [-0.05, 0) is 66.1 Å². The van der Waals surface area contributed by atoms with Crippen molar-refractivity contribution in [1.29, 1.82) is 5.41 Å². The number of aryl methyl sites for hydroxylation is 1. The van der Waals surface area contributed by atoms with Crippen molar-refractivity contribution in [3.05, 3.63) is 94.3 Å². The van der Waals surface area contributed by atoms with Crippen LogP contribution >= 0.6 is 0 Å². The van der Waals surface area contributed by atoms with E-state index in [0.29, 0.717) is 34.7 Å². The molecule has 1 aliphatic rings. The van der Waals surface area contributed by atoms with Crippen molar-refractivity contribution in [1.82, 2.24) is 15.6 Å². The first-order valence-corrected chi connectivity index (χ1v) is 17.9. The van der Waals surface area contributed by atoms with E-state index in [-0.39, 0.29) is 53.8 Å². The molecule has 14 nitrogen and oxygen atoms in total. The molecule has 1 atom stereocenters. The fraction of sp³-hybridized carbons (Fsp3) is 0.390. The molecule has 1 unspecified atom stereocenters. The highest BCUT2D eigenvalue weighted by Crippen LogP contribution is 2.32. The summed E-state index contributed by atoms with van der Waals surface area (Å²) >= 11 is 0. The fourth-order valence-electron chi connectivity index (χ4n) is 5.45. The molecule has 0 radical (unpaired) electrons. The number of hydrogen-bond donors (Lipinski definition) is 3. The number of carbonyl (C=O) groups excluding carboxylic acids is 5. The van der Waals surface area contributed by atoms with Crippen LogP contribution in [0.1, 0.15) is 87.2 Å². The van der Waals surface area contributed by atoms with E-state index >= 15 is 0 Å². The molecule has 4 rings (SSSR count). The maximum atomic E-state index is 14.1. The Kier molecular flexibility index (Phi) is 14.9. The predicted octanol–water partition coefficient (Wildman–Crippen LogP) is 5.68. The summed E-state index contributed by atoms with van der Waals surface area (Å²) in [7, 11) is 2.93. The lowest BCUT2D eigenvalue weighted by molar-refractivity contribution is -0.169. The van der Waals surface area contributed by atoms with Crippen molar-refractivity contribution >= 4 is 41.6 Å². The minimum atomic E-state index is -1.26. The van der Waals surface area contributed by atoms with Gasteiger partial charge in [0.15, 0.2) is 17.6 Å². The summed E-state index contributed by atoms with van der Waals surface area (Å²) in [6, 6.07) is 13.0. The van der Waals surface area contributed by atoms with Gasteiger partial charge in [-0.1, -0.05) is 56.8 Å². The second-order valence-corrected chi connectivity index (χ2v) is 13.5. The van der Waals surface area contributed by atoms with Crippen molar-refractivity contribution in [3.63, 3.8) is 0 Å². The number of alkyl carbamates (subject to hydrolysis) is 1. The van der Waals surface area contributed by atoms with E-state index in [0.717, 1.165) is 18.4 Å². The molecule has 1 aromatic heterocycles. The number of aromatic nitrogens is 1. The normalized spacial score (nSPS) is 12.8. The summed E-state index contributed by atoms with van der Waals surface area (Å²) in [5, 5.41) is 13.6. The average molecular weight is 757 g/mol. The number of carbonyl (C=O) groups is 5. The maximum Gasteiger partial charge on any atom is 0.413 e. The van der Waals surface area contributed by atoms with Crippen molar-refractivity contribution in [2.24, 2.45) is 11.8 Å². The summed E-state index contributed by atoms with van der Waals surface area (Å²) in [5.41, 5.74) is 3.02. The highest BCUT2D eigenvalue weighted by molar-refractivity contribution is 6.08. The van der Waals surface area contributed by atoms with Crippen molar-refractivity contribution in [3.8, 4) is 11.1 Å². The molecule has 3 aromatic rings. The third kappa shape index (κ3) is 11.9. The number of nitrogens with zero attached hydrogens (tertiary/aromatic N) is 1. The number of benzene rings is 2. The van der Waals surface area contributed by atoms with Crippen LogP contribution in [0, 0.1) is 24.2 Å². The fourth-order valence-corrected chi connectivity index (χ4v) is 5.45. The molecule has 0 saturated heterocycles. The Bertz CT molecular complexity index is 1910. The second-order valence-electron chi connectivity index (χ2n) is 13.5. The van der Waals surface area contributed by atoms with Gasteiger partial charge in [0.05, 0.1) is 19.1 Å². The van der Waals surface area contributed by atoms with E-state index < -0.39 is 42.3 Å². The van der Waals surface area contributed by atoms with Crippen LogP contribution in [0.25, 0.3) is 17.2 Å². The Morgan fingerprint density at radius 2 is 1.60 bits per heavy atom. The summed E-state index contributed by atoms with van der Waals surface area (Å²) in [5.74, 6) is -2.56. The van der Waals surface area contributed by atoms with E-state index in [2.05, 4.69) is 22.2 Å². The first-order chi connectivity index (χ1) is 26.2. The van der Waals surface area contributed by atoms with Gasteiger partial charge in [0.25, 0.3) is 5.91 Å². The zero-order chi connectivity index (χ0) is 40.2. The molecule has 2 aromatic carbocycles. The lowest BCUT2D eigenvalue weighted by Gasteiger charge is -2.18. The van der Waals surface area contributed by atoms with Gasteiger partial charge in [0, 0.05) is 50.8 Å². The molecule has 1 heterocycles. The Morgan fingerprint density at radius 1 is 0.927 bits per heavy atom. The van der Waals surface area contributed by atoms with Gasteiger partial charge in [-0.2, -0.15) is 0 Å². The third-order valence-electron chi connectivity index (χ3n) is 8.63. The van der Waals surface area contributed by atoms with Crippen molar-refractivity contribution in [2.75, 3.05) is 34.0 Å². The van der Waals surface area contributed by atoms with Gasteiger partial charge in [-0.25, -0.2) is 14.6 Å². The molecule has 0 aliphatic heterocycles. The smallest absolute Gasteiger partial charge is 0.413 e. The number of nitrogens with one attached hydrogen (secondary N) is 3. The number of esters is 2. The van der Waals surface area contributed by atoms with E-state index in [1.54, 1.807) is 62.4 Å². The molecule has 14 heteroatoms. The van der Waals surface area contributed by atoms with Gasteiger partial charge >= 0.3 is 18.0 Å². The average Bonchev–Trinajstić information content (AvgIpc) is 3.98. The number of amides is 2. The molecular weight excluding hydrogens is 708 g/mol. The molecule has 2 amide bonds. The zero-order valence-electron chi connectivity index (χ0n) is 32.0. The van der Waals surface area contributed by atoms with E-state index in [1.807, 2.05) is 6.92 Å². The van der Waals surface area contributed by atoms with Gasteiger partial charge in [-0.3, -0.25) is 25.1 Å². The van der Waals surface area contributed by atoms with Crippen LogP contribution in [-0.4, -0.2) is 86.9 Å². The number of amidine groups is 1. The quantitative estimate of drug-likeness (QED) is 0.0476. The van der Waals surface area contributed by atoms with Crippen LogP contribution in [0.5, 0.6) is 0 Å². The SMILES string of the molecule is C=Cc1cc(C(=O)Cc2ccc(C(=N)NC(=O)OC(COC)COC)cc2)c(-c2ccc(C(=O)NCC3CC3)nc2C(=O)OC(C)OC(=O)C(C)C)cc1C. The van der Waals surface area contributed by atoms with Crippen LogP contribution in [0.15, 0.2) is 55.1 Å². The molecule has 0 bridgehead atoms. The molecule has 292 valence electrons. The van der Waals surface area contributed by atoms with Crippen LogP contribution in [0.2, 0.25) is 0 Å². The molecule has 3 N–H and O–H groups in total. The first kappa shape index (κ1) is 42.0. The molecule has 1 fully saturated rings. The Morgan fingerprint density at radius 3 is 2.20 bits per heavy atom. The minimum absolute atomic E-state index is 0.0198. The molecule has 1 aliphatic carbocycles. The van der Waals surface area contributed by atoms with Gasteiger partial charge < -0.3 is 29.0 Å². The van der Waals surface area contributed by atoms with Crippen LogP contribution in [0.3, 0.4) is 0 Å². The Hall–Kier alpha value is -5.73. The zero-order valence-corrected chi connectivity index (χ0v) is 32.0. The minimum Gasteiger partial charge on any atom is -0.441 e. The molecule has 1 saturated carbocycles. The van der Waals surface area contributed by atoms with E-state index in [1.165, 1.54) is 27.2 Å². The summed E-state index contributed by atoms with van der Waals surface area (Å²) in [4.78, 5) is 69.9. The maximum absolute atomic E-state index is 14.1. The van der Waals surface area contributed by atoms with E-state index in [9.17, 15) is 24.0 Å². The number of hydrogen-bond acceptors (Lipinski definition) is 12. The van der Waals surface area contributed by atoms with Gasteiger partial charge in [0.1, 0.15) is 11.5 Å². The topological polar surface area (TPSA) is 192 Å². The number of pyridine rings is 1. The third-order valence-corrected chi connectivity index (χ3v) is 8.63. The predicted molar refractivity (Wildman–Crippen MR) is 204 cm³/mol. The summed E-state index contributed by atoms with van der Waals surface area (Å²) < 4.78 is 26.1. The van der Waals surface area contributed by atoms with Crippen molar-refractivity contribution < 1.29 is 47.7 Å². The Balaban J connectivity index is 1.63. The summed E-state index contributed by atoms with van der Waals surface area (Å²) in [6.07, 6.45) is 0.847. The van der Waals surface area contributed by atoms with Gasteiger partial charge in [0.2, 0.25) is 6.29 Å². The van der Waals surface area contributed by atoms with Crippen LogP contribution in [0.4, 0.5) is 4.79 Å². The largest absolute Gasteiger partial charge is 0.441 e. The number of ketones is 1. The molecule has 55 heavy (non-hydrogen) atoms. The number of ether oxygens (including phenoxy) is 5. The summed E-state index contributed by atoms with van der Waals surface area (Å²) in [6.45, 7) is 11.1. The standard InChI is InChI=1S/C41H48N4O10/c1-8-28-19-33(35(46)18-26-11-13-29(14-12-26)37(42)45-41(50)55-30(21-51-6)22-52-7)32(17-24(28)4)31-15-16-34(38(47)43-20-27-9-10-27)44-36(31)40(49)54-25(5)53-39(48)23(2)3/h8,11-17,19,23,25,27,30H,1,9-10,18,20-22H2,2-7H3,(H,43,47)(H2,42,45,50). The number of rotatable bonds is 18. The second kappa shape index (κ2) is 19.6. The number of methoxy groups -OCH3 is 2. The van der Waals surface area contributed by atoms with Crippen LogP contribution < -0.4 is 10.6 Å². The van der Waals surface area contributed by atoms with Gasteiger partial charge in [-0.15, -0.1) is 0 Å². The lowest BCUT2D eigenvalue weighted by atomic mass is 9.89. The number of Topliss-reactive ketones (excluding diaryl/α,β-unsaturated/α-hetero) is 1. The van der Waals surface area contributed by atoms with E-state index in [4.69, 9.17) is 29.1 Å². The Labute approximate surface area is 320 Å². The molecular formula is C41H48N4O10. The monoisotopic (exact) mass is 756 g/mol.